The van der Waals surface area contributed by atoms with Gasteiger partial charge in [0.05, 0.1) is 4.90 Å². The van der Waals surface area contributed by atoms with Gasteiger partial charge in [0, 0.05) is 26.4 Å². The van der Waals surface area contributed by atoms with E-state index in [9.17, 15) is 13.2 Å². The lowest BCUT2D eigenvalue weighted by atomic mass is 10.1. The zero-order valence-electron chi connectivity index (χ0n) is 10.6. The molecule has 18 heavy (non-hydrogen) atoms. The molecule has 1 aliphatic rings. The summed E-state index contributed by atoms with van der Waals surface area (Å²) in [6.45, 7) is 0. The summed E-state index contributed by atoms with van der Waals surface area (Å²) in [5.74, 6) is 0.302. The Bertz CT molecular complexity index is 559. The van der Waals surface area contributed by atoms with Crippen LogP contribution in [0.1, 0.15) is 18.4 Å². The van der Waals surface area contributed by atoms with Crippen molar-refractivity contribution in [1.29, 1.82) is 0 Å². The Morgan fingerprint density at radius 3 is 2.44 bits per heavy atom. The van der Waals surface area contributed by atoms with Gasteiger partial charge in [-0.05, 0) is 24.5 Å². The molecule has 1 fully saturated rings. The predicted octanol–water partition coefficient (Wildman–Crippen LogP) is 1.46. The van der Waals surface area contributed by atoms with Crippen LogP contribution >= 0.6 is 0 Å². The summed E-state index contributed by atoms with van der Waals surface area (Å²) in [6, 6.07) is 6.73. The highest BCUT2D eigenvalue weighted by atomic mass is 32.2. The smallest absolute Gasteiger partial charge is 0.242 e. The maximum Gasteiger partial charge on any atom is 0.242 e. The summed E-state index contributed by atoms with van der Waals surface area (Å²) in [4.78, 5) is 12.1. The van der Waals surface area contributed by atoms with Gasteiger partial charge >= 0.3 is 0 Å². The zero-order chi connectivity index (χ0) is 13.3. The Morgan fingerprint density at radius 1 is 1.28 bits per heavy atom. The van der Waals surface area contributed by atoms with Crippen molar-refractivity contribution >= 4 is 15.8 Å². The number of hydrogen-bond donors (Lipinski definition) is 0. The van der Waals surface area contributed by atoms with Crippen LogP contribution in [-0.2, 0) is 21.2 Å². The second-order valence-corrected chi connectivity index (χ2v) is 6.93. The van der Waals surface area contributed by atoms with Crippen molar-refractivity contribution in [2.75, 3.05) is 14.1 Å². The molecule has 0 aliphatic heterocycles. The number of nitrogens with zero attached hydrogens (tertiary/aromatic N) is 1. The van der Waals surface area contributed by atoms with Crippen molar-refractivity contribution in [2.24, 2.45) is 5.92 Å². The summed E-state index contributed by atoms with van der Waals surface area (Å²) in [5.41, 5.74) is 0.600. The minimum absolute atomic E-state index is 0.149. The molecule has 5 heteroatoms. The van der Waals surface area contributed by atoms with Gasteiger partial charge in [0.15, 0.2) is 0 Å². The van der Waals surface area contributed by atoms with Crippen molar-refractivity contribution in [2.45, 2.75) is 24.2 Å². The Hall–Kier alpha value is -1.20. The maximum atomic E-state index is 12.1. The third kappa shape index (κ3) is 2.62. The van der Waals surface area contributed by atoms with E-state index < -0.39 is 10.0 Å². The highest BCUT2D eigenvalue weighted by Crippen LogP contribution is 2.31. The van der Waals surface area contributed by atoms with Crippen molar-refractivity contribution in [3.8, 4) is 0 Å². The number of rotatable bonds is 5. The van der Waals surface area contributed by atoms with Gasteiger partial charge in [-0.15, -0.1) is 0 Å². The van der Waals surface area contributed by atoms with E-state index in [4.69, 9.17) is 0 Å². The monoisotopic (exact) mass is 267 g/mol. The van der Waals surface area contributed by atoms with Crippen LogP contribution in [0.15, 0.2) is 29.2 Å². The van der Waals surface area contributed by atoms with Crippen LogP contribution in [-0.4, -0.2) is 32.6 Å². The first-order chi connectivity index (χ1) is 8.43. The number of carbonyl (C=O) groups is 1. The third-order valence-electron chi connectivity index (χ3n) is 3.13. The molecule has 98 valence electrons. The molecule has 0 aromatic heterocycles. The average Bonchev–Trinajstić information content (AvgIpc) is 3.13. The second kappa shape index (κ2) is 4.82. The molecule has 0 unspecified atom stereocenters. The van der Waals surface area contributed by atoms with Gasteiger partial charge < -0.3 is 0 Å². The highest BCUT2D eigenvalue weighted by molar-refractivity contribution is 7.89. The molecule has 1 saturated carbocycles. The van der Waals surface area contributed by atoms with Crippen LogP contribution < -0.4 is 0 Å². The van der Waals surface area contributed by atoms with Crippen LogP contribution in [0.25, 0.3) is 0 Å². The summed E-state index contributed by atoms with van der Waals surface area (Å²) in [7, 11) is -0.488. The molecule has 0 spiro atoms. The fourth-order valence-electron chi connectivity index (χ4n) is 1.84. The van der Waals surface area contributed by atoms with Gasteiger partial charge in [-0.2, -0.15) is 0 Å². The Balaban J connectivity index is 2.33. The Morgan fingerprint density at radius 2 is 1.89 bits per heavy atom. The molecule has 0 heterocycles. The minimum atomic E-state index is -3.48. The largest absolute Gasteiger partial charge is 0.299 e. The average molecular weight is 267 g/mol. The number of hydrogen-bond acceptors (Lipinski definition) is 3. The number of benzene rings is 1. The van der Waals surface area contributed by atoms with E-state index in [1.807, 2.05) is 0 Å². The molecule has 0 atom stereocenters. The van der Waals surface area contributed by atoms with E-state index in [0.717, 1.165) is 12.8 Å². The fourth-order valence-corrected chi connectivity index (χ4v) is 2.95. The number of carbonyl (C=O) groups excluding carboxylic acids is 1. The van der Waals surface area contributed by atoms with Gasteiger partial charge in [-0.3, -0.25) is 4.79 Å². The van der Waals surface area contributed by atoms with Gasteiger partial charge in [0.25, 0.3) is 0 Å². The summed E-state index contributed by atoms with van der Waals surface area (Å²) < 4.78 is 25.4. The first-order valence-corrected chi connectivity index (χ1v) is 7.40. The minimum Gasteiger partial charge on any atom is -0.299 e. The van der Waals surface area contributed by atoms with Crippen LogP contribution in [0.2, 0.25) is 0 Å². The van der Waals surface area contributed by atoms with Crippen molar-refractivity contribution in [3.63, 3.8) is 0 Å². The van der Waals surface area contributed by atoms with Crippen molar-refractivity contribution in [3.05, 3.63) is 29.8 Å². The quantitative estimate of drug-likeness (QED) is 0.811. The lowest BCUT2D eigenvalue weighted by molar-refractivity contribution is -0.119. The van der Waals surface area contributed by atoms with E-state index in [0.29, 0.717) is 5.56 Å². The van der Waals surface area contributed by atoms with Crippen LogP contribution in [0.3, 0.4) is 0 Å². The SMILES string of the molecule is CN(C)S(=O)(=O)c1ccccc1CC(=O)C1CC1. The number of sulfonamides is 1. The van der Waals surface area contributed by atoms with Gasteiger partial charge in [0.1, 0.15) is 5.78 Å². The number of ketones is 1. The molecule has 0 radical (unpaired) electrons. The first-order valence-electron chi connectivity index (χ1n) is 5.96. The van der Waals surface area contributed by atoms with Crippen LogP contribution in [0, 0.1) is 5.92 Å². The Labute approximate surface area is 108 Å². The number of Topliss-reactive ketones (excluding diaryl/α,β-unsaturated/α-hetero) is 1. The lowest BCUT2D eigenvalue weighted by Gasteiger charge is -2.14. The van der Waals surface area contributed by atoms with Crippen LogP contribution in [0.4, 0.5) is 0 Å². The fraction of sp³-hybridized carbons (Fsp3) is 0.462. The van der Waals surface area contributed by atoms with Crippen LogP contribution in [0.5, 0.6) is 0 Å². The molecule has 4 nitrogen and oxygen atoms in total. The molecule has 0 bridgehead atoms. The third-order valence-corrected chi connectivity index (χ3v) is 5.04. The van der Waals surface area contributed by atoms with Gasteiger partial charge in [0.2, 0.25) is 10.0 Å². The van der Waals surface area contributed by atoms with E-state index in [2.05, 4.69) is 0 Å². The highest BCUT2D eigenvalue weighted by Gasteiger charge is 2.30. The Kier molecular flexibility index (Phi) is 3.54. The van der Waals surface area contributed by atoms with Gasteiger partial charge in [-0.1, -0.05) is 18.2 Å². The molecular formula is C13H17NO3S. The molecular weight excluding hydrogens is 250 g/mol. The second-order valence-electron chi connectivity index (χ2n) is 4.81. The standard InChI is InChI=1S/C13H17NO3S/c1-14(2)18(16,17)13-6-4-3-5-11(13)9-12(15)10-7-8-10/h3-6,10H,7-9H2,1-2H3. The van der Waals surface area contributed by atoms with Crippen molar-refractivity contribution < 1.29 is 13.2 Å². The van der Waals surface area contributed by atoms with E-state index >= 15 is 0 Å². The molecule has 1 aliphatic carbocycles. The molecule has 1 aromatic carbocycles. The van der Waals surface area contributed by atoms with E-state index in [1.54, 1.807) is 24.3 Å². The lowest BCUT2D eigenvalue weighted by Crippen LogP contribution is -2.24. The van der Waals surface area contributed by atoms with E-state index in [1.165, 1.54) is 18.4 Å². The normalized spacial score (nSPS) is 15.9. The molecule has 0 N–H and O–H groups in total. The summed E-state index contributed by atoms with van der Waals surface area (Å²) in [5, 5.41) is 0. The summed E-state index contributed by atoms with van der Waals surface area (Å²) in [6.07, 6.45) is 2.11. The predicted molar refractivity (Wildman–Crippen MR) is 68.7 cm³/mol. The molecule has 0 amide bonds. The topological polar surface area (TPSA) is 54.5 Å². The zero-order valence-corrected chi connectivity index (χ0v) is 11.4. The molecule has 0 saturated heterocycles. The molecule has 1 aromatic rings. The maximum absolute atomic E-state index is 12.1. The van der Waals surface area contributed by atoms with Crippen molar-refractivity contribution in [1.82, 2.24) is 4.31 Å². The summed E-state index contributed by atoms with van der Waals surface area (Å²) >= 11 is 0. The molecule has 2 rings (SSSR count). The first kappa shape index (κ1) is 13.2. The van der Waals surface area contributed by atoms with E-state index in [-0.39, 0.29) is 23.0 Å². The van der Waals surface area contributed by atoms with Gasteiger partial charge in [-0.25, -0.2) is 12.7 Å².